The first-order valence-corrected chi connectivity index (χ1v) is 8.26. The number of benzene rings is 1. The van der Waals surface area contributed by atoms with Crippen LogP contribution in [0.2, 0.25) is 5.02 Å². The fraction of sp³-hybridized carbons (Fsp3) is 0.263. The van der Waals surface area contributed by atoms with Crippen molar-refractivity contribution in [2.45, 2.75) is 25.3 Å². The van der Waals surface area contributed by atoms with E-state index in [0.29, 0.717) is 22.7 Å². The van der Waals surface area contributed by atoms with Gasteiger partial charge < -0.3 is 4.90 Å². The number of carbonyl (C=O) groups is 1. The fourth-order valence-corrected chi connectivity index (χ4v) is 4.36. The summed E-state index contributed by atoms with van der Waals surface area (Å²) in [5.74, 6) is -0.546. The Balaban J connectivity index is 1.88. The van der Waals surface area contributed by atoms with Crippen molar-refractivity contribution < 1.29 is 8.91 Å². The summed E-state index contributed by atoms with van der Waals surface area (Å²) in [6.45, 7) is -0.588. The molecule has 1 amide bonds. The highest BCUT2D eigenvalue weighted by Gasteiger charge is 2.44. The molecule has 120 valence electrons. The lowest BCUT2D eigenvalue weighted by Gasteiger charge is -2.23. The van der Waals surface area contributed by atoms with Gasteiger partial charge in [0.1, 0.15) is 0 Å². The van der Waals surface area contributed by atoms with Gasteiger partial charge in [0, 0.05) is 39.4 Å². The normalized spacial score (nSPS) is 24.2. The Labute approximate surface area is 148 Å². The third kappa shape index (κ3) is 1.64. The first-order valence-electron chi connectivity index (χ1n) is 9.38. The summed E-state index contributed by atoms with van der Waals surface area (Å²) in [6, 6.07) is 8.49. The van der Waals surface area contributed by atoms with Gasteiger partial charge in [-0.05, 0) is 42.7 Å². The van der Waals surface area contributed by atoms with E-state index in [1.807, 2.05) is 19.1 Å². The zero-order valence-corrected chi connectivity index (χ0v) is 13.7. The summed E-state index contributed by atoms with van der Waals surface area (Å²) < 4.78 is 25.7. The molecule has 0 unspecified atom stereocenters. The van der Waals surface area contributed by atoms with Gasteiger partial charge in [-0.1, -0.05) is 23.7 Å². The van der Waals surface area contributed by atoms with Crippen LogP contribution in [-0.2, 0) is 0 Å². The molecule has 1 aliphatic heterocycles. The predicted molar refractivity (Wildman–Crippen MR) is 92.7 cm³/mol. The fourth-order valence-electron chi connectivity index (χ4n) is 4.20. The number of pyridine rings is 1. The Kier molecular flexibility index (Phi) is 2.16. The van der Waals surface area contributed by atoms with Gasteiger partial charge in [-0.15, -0.1) is 0 Å². The second kappa shape index (κ2) is 4.61. The van der Waals surface area contributed by atoms with Gasteiger partial charge >= 0.3 is 0 Å². The van der Waals surface area contributed by atoms with E-state index in [1.54, 1.807) is 28.9 Å². The summed E-state index contributed by atoms with van der Waals surface area (Å²) in [5, 5.41) is 5.23. The monoisotopic (exact) mass is 340 g/mol. The molecule has 0 radical (unpaired) electrons. The first-order chi connectivity index (χ1) is 12.8. The molecule has 4 nitrogen and oxygen atoms in total. The second-order valence-corrected chi connectivity index (χ2v) is 6.93. The number of amides is 1. The van der Waals surface area contributed by atoms with E-state index in [9.17, 15) is 4.79 Å². The lowest BCUT2D eigenvalue weighted by atomic mass is 9.86. The Morgan fingerprint density at radius 3 is 3.04 bits per heavy atom. The zero-order valence-electron chi connectivity index (χ0n) is 16.0. The number of aryl methyl sites for hydroxylation is 1. The minimum Gasteiger partial charge on any atom is -0.333 e. The van der Waals surface area contributed by atoms with Crippen molar-refractivity contribution in [3.05, 3.63) is 69.5 Å². The van der Waals surface area contributed by atoms with E-state index in [0.717, 1.165) is 27.1 Å². The summed E-state index contributed by atoms with van der Waals surface area (Å²) in [5.41, 5.74) is 4.82. The van der Waals surface area contributed by atoms with Gasteiger partial charge in [-0.25, -0.2) is 4.52 Å². The van der Waals surface area contributed by atoms with Crippen molar-refractivity contribution in [2.24, 2.45) is 0 Å². The molecule has 0 spiro atoms. The molecule has 2 aromatic heterocycles. The van der Waals surface area contributed by atoms with E-state index in [-0.39, 0.29) is 5.92 Å². The van der Waals surface area contributed by atoms with E-state index >= 15 is 0 Å². The maximum Gasteiger partial charge on any atom is 0.254 e. The first kappa shape index (κ1) is 11.3. The minimum absolute atomic E-state index is 0.0894. The van der Waals surface area contributed by atoms with E-state index in [1.165, 1.54) is 0 Å². The molecule has 0 N–H and O–H groups in total. The summed E-state index contributed by atoms with van der Waals surface area (Å²) in [4.78, 5) is 14.2. The Hall–Kier alpha value is -2.33. The van der Waals surface area contributed by atoms with Crippen LogP contribution in [0.5, 0.6) is 0 Å². The van der Waals surface area contributed by atoms with Gasteiger partial charge in [0.05, 0.1) is 17.3 Å². The Morgan fingerprint density at radius 1 is 1.33 bits per heavy atom. The summed E-state index contributed by atoms with van der Waals surface area (Å²) >= 11 is 6.21. The molecule has 0 fully saturated rings. The van der Waals surface area contributed by atoms with E-state index in [2.05, 4.69) is 5.10 Å². The Bertz CT molecular complexity index is 1120. The number of hydrogen-bond acceptors (Lipinski definition) is 2. The van der Waals surface area contributed by atoms with Crippen molar-refractivity contribution in [1.29, 1.82) is 0 Å². The number of aromatic nitrogens is 2. The maximum atomic E-state index is 13.2. The van der Waals surface area contributed by atoms with E-state index < -0.39 is 18.9 Å². The molecule has 0 saturated carbocycles. The Morgan fingerprint density at radius 2 is 2.21 bits per heavy atom. The molecule has 1 aromatic carbocycles. The van der Waals surface area contributed by atoms with Crippen molar-refractivity contribution in [1.82, 2.24) is 14.5 Å². The molecular weight excluding hydrogens is 322 g/mol. The lowest BCUT2D eigenvalue weighted by Crippen LogP contribution is -2.30. The third-order valence-electron chi connectivity index (χ3n) is 5.22. The number of rotatable bonds is 0. The highest BCUT2D eigenvalue weighted by atomic mass is 35.5. The van der Waals surface area contributed by atoms with Gasteiger partial charge in [-0.2, -0.15) is 5.10 Å². The molecule has 2 atom stereocenters. The average molecular weight is 341 g/mol. The molecule has 0 saturated heterocycles. The largest absolute Gasteiger partial charge is 0.333 e. The maximum absolute atomic E-state index is 13.2. The molecule has 24 heavy (non-hydrogen) atoms. The molecule has 5 rings (SSSR count). The SMILES string of the molecule is [2H]C([2H])([2H])N1C(=O)c2cccc(C)c2[C@H]2C[C@@H]1c1nn3ccc(Cl)cc3c12. The van der Waals surface area contributed by atoms with Gasteiger partial charge in [-0.3, -0.25) is 4.79 Å². The van der Waals surface area contributed by atoms with Gasteiger partial charge in [0.2, 0.25) is 0 Å². The van der Waals surface area contributed by atoms with Crippen LogP contribution in [-0.4, -0.2) is 27.4 Å². The van der Waals surface area contributed by atoms with Crippen molar-refractivity contribution in [3.63, 3.8) is 0 Å². The molecule has 2 bridgehead atoms. The van der Waals surface area contributed by atoms with Crippen LogP contribution in [0.3, 0.4) is 0 Å². The molecule has 3 heterocycles. The van der Waals surface area contributed by atoms with E-state index in [4.69, 9.17) is 15.7 Å². The number of nitrogens with zero attached hydrogens (tertiary/aromatic N) is 3. The van der Waals surface area contributed by atoms with Crippen LogP contribution >= 0.6 is 11.6 Å². The summed E-state index contributed by atoms with van der Waals surface area (Å²) in [7, 11) is 0. The van der Waals surface area contributed by atoms with Crippen LogP contribution in [0.4, 0.5) is 0 Å². The third-order valence-corrected chi connectivity index (χ3v) is 5.46. The molecule has 5 heteroatoms. The molecular formula is C19H16ClN3O. The van der Waals surface area contributed by atoms with Crippen molar-refractivity contribution in [2.75, 3.05) is 6.98 Å². The lowest BCUT2D eigenvalue weighted by molar-refractivity contribution is 0.0734. The van der Waals surface area contributed by atoms with Crippen LogP contribution in [0.1, 0.15) is 55.2 Å². The van der Waals surface area contributed by atoms with Crippen molar-refractivity contribution in [3.8, 4) is 0 Å². The number of carbonyl (C=O) groups excluding carboxylic acids is 1. The zero-order chi connectivity index (χ0) is 19.1. The number of halogens is 1. The van der Waals surface area contributed by atoms with Gasteiger partial charge in [0.15, 0.2) is 0 Å². The van der Waals surface area contributed by atoms with Crippen molar-refractivity contribution >= 4 is 23.0 Å². The van der Waals surface area contributed by atoms with Crippen LogP contribution in [0.15, 0.2) is 36.5 Å². The molecule has 3 aromatic rings. The highest BCUT2D eigenvalue weighted by Crippen LogP contribution is 2.51. The van der Waals surface area contributed by atoms with Crippen LogP contribution in [0, 0.1) is 6.92 Å². The second-order valence-electron chi connectivity index (χ2n) is 6.49. The number of hydrogen-bond donors (Lipinski definition) is 0. The molecule has 2 aliphatic rings. The predicted octanol–water partition coefficient (Wildman–Crippen LogP) is 3.96. The molecule has 1 aliphatic carbocycles. The topological polar surface area (TPSA) is 37.6 Å². The smallest absolute Gasteiger partial charge is 0.254 e. The highest BCUT2D eigenvalue weighted by molar-refractivity contribution is 6.30. The number of fused-ring (bicyclic) bond motifs is 9. The standard InChI is InChI=1S/C19H16ClN3O/c1-10-4-3-5-12-16(10)13-9-15(22(2)19(12)24)18-17(13)14-8-11(20)6-7-23(14)21-18/h3-8,13,15H,9H2,1-2H3/t13-,15-/m1/s1/i2D3. The van der Waals surface area contributed by atoms with Crippen LogP contribution in [0.25, 0.3) is 5.52 Å². The summed E-state index contributed by atoms with van der Waals surface area (Å²) in [6.07, 6.45) is 2.28. The quantitative estimate of drug-likeness (QED) is 0.621. The average Bonchev–Trinajstić information content (AvgIpc) is 3.07. The van der Waals surface area contributed by atoms with Crippen LogP contribution < -0.4 is 0 Å². The van der Waals surface area contributed by atoms with Gasteiger partial charge in [0.25, 0.3) is 5.91 Å². The minimum atomic E-state index is -2.55.